The first-order valence-corrected chi connectivity index (χ1v) is 12.2. The minimum Gasteiger partial charge on any atom is -0.356 e. The van der Waals surface area contributed by atoms with E-state index in [1.54, 1.807) is 11.3 Å². The molecule has 0 bridgehead atoms. The van der Waals surface area contributed by atoms with Gasteiger partial charge in [-0.05, 0) is 74.7 Å². The summed E-state index contributed by atoms with van der Waals surface area (Å²) in [4.78, 5) is 18.5. The van der Waals surface area contributed by atoms with Crippen LogP contribution in [-0.2, 0) is 4.79 Å². The number of carbonyl (C=O) groups excluding carboxylic acids is 1. The van der Waals surface area contributed by atoms with Gasteiger partial charge in [0.25, 0.3) is 0 Å². The third kappa shape index (κ3) is 5.58. The Bertz CT molecular complexity index is 786. The van der Waals surface area contributed by atoms with Crippen LogP contribution in [0.25, 0.3) is 10.6 Å². The zero-order valence-corrected chi connectivity index (χ0v) is 18.7. The summed E-state index contributed by atoms with van der Waals surface area (Å²) in [6.07, 6.45) is 5.47. The van der Waals surface area contributed by atoms with Crippen LogP contribution in [-0.4, -0.2) is 60.3 Å². The lowest BCUT2D eigenvalue weighted by Crippen LogP contribution is -2.42. The van der Waals surface area contributed by atoms with Gasteiger partial charge in [0.2, 0.25) is 5.91 Å². The van der Waals surface area contributed by atoms with Gasteiger partial charge in [0.1, 0.15) is 5.69 Å². The maximum atomic E-state index is 12.6. The van der Waals surface area contributed by atoms with Crippen LogP contribution in [0, 0.1) is 11.8 Å². The molecule has 2 aromatic heterocycles. The Morgan fingerprint density at radius 1 is 1.17 bits per heavy atom. The fourth-order valence-corrected chi connectivity index (χ4v) is 5.26. The second-order valence-corrected chi connectivity index (χ2v) is 9.66. The SMILES string of the molecule is C[C@H]1CCCN(CCCNC(=O)C2CCN(c3ccc(-c4cccs4)nn3)CC2)C1. The van der Waals surface area contributed by atoms with Crippen LogP contribution in [0.5, 0.6) is 0 Å². The smallest absolute Gasteiger partial charge is 0.223 e. The molecule has 2 saturated heterocycles. The van der Waals surface area contributed by atoms with Gasteiger partial charge in [0, 0.05) is 32.1 Å². The summed E-state index contributed by atoms with van der Waals surface area (Å²) in [5, 5.41) is 14.0. The summed E-state index contributed by atoms with van der Waals surface area (Å²) in [5.41, 5.74) is 0.919. The molecule has 0 spiro atoms. The molecule has 2 aliphatic heterocycles. The van der Waals surface area contributed by atoms with E-state index in [9.17, 15) is 4.79 Å². The standard InChI is InChI=1S/C23H33N5OS/c1-18-5-2-12-27(17-18)13-4-11-24-23(29)19-9-14-28(15-10-19)22-8-7-20(25-26-22)21-6-3-16-30-21/h3,6-8,16,18-19H,2,4-5,9-15,17H2,1H3,(H,24,29)/t18-/m0/s1. The van der Waals surface area contributed by atoms with E-state index in [1.807, 2.05) is 18.2 Å². The summed E-state index contributed by atoms with van der Waals surface area (Å²) in [6.45, 7) is 8.37. The quantitative estimate of drug-likeness (QED) is 0.684. The number of carbonyl (C=O) groups is 1. The number of nitrogens with zero attached hydrogens (tertiary/aromatic N) is 4. The van der Waals surface area contributed by atoms with Crippen LogP contribution in [0.1, 0.15) is 39.0 Å². The average molecular weight is 428 g/mol. The van der Waals surface area contributed by atoms with E-state index in [2.05, 4.69) is 43.7 Å². The van der Waals surface area contributed by atoms with Crippen molar-refractivity contribution in [3.63, 3.8) is 0 Å². The Hall–Kier alpha value is -1.99. The lowest BCUT2D eigenvalue weighted by molar-refractivity contribution is -0.125. The topological polar surface area (TPSA) is 61.4 Å². The van der Waals surface area contributed by atoms with Crippen LogP contribution in [0.2, 0.25) is 0 Å². The molecular weight excluding hydrogens is 394 g/mol. The molecule has 1 amide bonds. The molecule has 30 heavy (non-hydrogen) atoms. The highest BCUT2D eigenvalue weighted by molar-refractivity contribution is 7.13. The van der Waals surface area contributed by atoms with E-state index < -0.39 is 0 Å². The predicted octanol–water partition coefficient (Wildman–Crippen LogP) is 3.66. The molecule has 4 heterocycles. The highest BCUT2D eigenvalue weighted by Gasteiger charge is 2.25. The lowest BCUT2D eigenvalue weighted by Gasteiger charge is -2.32. The van der Waals surface area contributed by atoms with Gasteiger partial charge in [-0.3, -0.25) is 4.79 Å². The van der Waals surface area contributed by atoms with Gasteiger partial charge < -0.3 is 15.1 Å². The van der Waals surface area contributed by atoms with Crippen molar-refractivity contribution in [2.45, 2.75) is 39.0 Å². The van der Waals surface area contributed by atoms with Gasteiger partial charge in [-0.1, -0.05) is 13.0 Å². The number of likely N-dealkylation sites (tertiary alicyclic amines) is 1. The van der Waals surface area contributed by atoms with Crippen molar-refractivity contribution in [1.29, 1.82) is 0 Å². The van der Waals surface area contributed by atoms with Gasteiger partial charge in [-0.25, -0.2) is 0 Å². The maximum absolute atomic E-state index is 12.6. The molecule has 6 nitrogen and oxygen atoms in total. The van der Waals surface area contributed by atoms with Crippen molar-refractivity contribution in [2.24, 2.45) is 11.8 Å². The van der Waals surface area contributed by atoms with Gasteiger partial charge in [0.05, 0.1) is 4.88 Å². The third-order valence-electron chi connectivity index (χ3n) is 6.31. The summed E-state index contributed by atoms with van der Waals surface area (Å²) < 4.78 is 0. The number of piperidine rings is 2. The molecule has 1 N–H and O–H groups in total. The van der Waals surface area contributed by atoms with E-state index in [1.165, 1.54) is 25.9 Å². The Kier molecular flexibility index (Phi) is 7.33. The Labute approximate surface area is 183 Å². The first kappa shape index (κ1) is 21.2. The van der Waals surface area contributed by atoms with Gasteiger partial charge in [-0.2, -0.15) is 0 Å². The average Bonchev–Trinajstić information content (AvgIpc) is 3.32. The van der Waals surface area contributed by atoms with Gasteiger partial charge in [0.15, 0.2) is 5.82 Å². The molecule has 4 rings (SSSR count). The van der Waals surface area contributed by atoms with E-state index in [0.29, 0.717) is 0 Å². The molecule has 2 aromatic rings. The van der Waals surface area contributed by atoms with Crippen LogP contribution < -0.4 is 10.2 Å². The zero-order valence-electron chi connectivity index (χ0n) is 17.9. The zero-order chi connectivity index (χ0) is 20.8. The Balaban J connectivity index is 1.16. The molecule has 0 saturated carbocycles. The number of hydrogen-bond donors (Lipinski definition) is 1. The molecule has 2 aliphatic rings. The number of anilines is 1. The highest BCUT2D eigenvalue weighted by Crippen LogP contribution is 2.25. The Morgan fingerprint density at radius 2 is 2.03 bits per heavy atom. The fourth-order valence-electron chi connectivity index (χ4n) is 4.57. The van der Waals surface area contributed by atoms with Crippen molar-refractivity contribution in [1.82, 2.24) is 20.4 Å². The lowest BCUT2D eigenvalue weighted by atomic mass is 9.96. The van der Waals surface area contributed by atoms with Crippen molar-refractivity contribution in [3.05, 3.63) is 29.6 Å². The number of aromatic nitrogens is 2. The normalized spacial score (nSPS) is 21.0. The second kappa shape index (κ2) is 10.4. The minimum absolute atomic E-state index is 0.120. The van der Waals surface area contributed by atoms with Crippen LogP contribution in [0.15, 0.2) is 29.6 Å². The van der Waals surface area contributed by atoms with E-state index in [0.717, 1.165) is 67.7 Å². The van der Waals surface area contributed by atoms with Crippen molar-refractivity contribution in [3.8, 4) is 10.6 Å². The molecule has 0 radical (unpaired) electrons. The highest BCUT2D eigenvalue weighted by atomic mass is 32.1. The first-order chi connectivity index (χ1) is 14.7. The first-order valence-electron chi connectivity index (χ1n) is 11.3. The molecule has 0 aliphatic carbocycles. The number of amides is 1. The van der Waals surface area contributed by atoms with Crippen molar-refractivity contribution in [2.75, 3.05) is 44.2 Å². The van der Waals surface area contributed by atoms with Crippen LogP contribution in [0.4, 0.5) is 5.82 Å². The monoisotopic (exact) mass is 427 g/mol. The fraction of sp³-hybridized carbons (Fsp3) is 0.609. The second-order valence-electron chi connectivity index (χ2n) is 8.71. The number of hydrogen-bond acceptors (Lipinski definition) is 6. The van der Waals surface area contributed by atoms with Crippen LogP contribution in [0.3, 0.4) is 0 Å². The van der Waals surface area contributed by atoms with Crippen molar-refractivity contribution >= 4 is 23.1 Å². The molecule has 0 unspecified atom stereocenters. The molecule has 162 valence electrons. The molecule has 2 fully saturated rings. The van der Waals surface area contributed by atoms with E-state index >= 15 is 0 Å². The van der Waals surface area contributed by atoms with Crippen molar-refractivity contribution < 1.29 is 4.79 Å². The number of rotatable bonds is 7. The number of thiophene rings is 1. The molecular formula is C23H33N5OS. The Morgan fingerprint density at radius 3 is 2.73 bits per heavy atom. The summed E-state index contributed by atoms with van der Waals surface area (Å²) >= 11 is 1.67. The third-order valence-corrected chi connectivity index (χ3v) is 7.20. The van der Waals surface area contributed by atoms with Crippen LogP contribution >= 0.6 is 11.3 Å². The predicted molar refractivity (Wildman–Crippen MR) is 123 cm³/mol. The summed E-state index contributed by atoms with van der Waals surface area (Å²) in [5.74, 6) is 2.07. The molecule has 7 heteroatoms. The van der Waals surface area contributed by atoms with Gasteiger partial charge >= 0.3 is 0 Å². The number of nitrogens with one attached hydrogen (secondary N) is 1. The molecule has 1 atom stereocenters. The maximum Gasteiger partial charge on any atom is 0.223 e. The summed E-state index contributed by atoms with van der Waals surface area (Å²) in [7, 11) is 0. The van der Waals surface area contributed by atoms with Gasteiger partial charge in [-0.15, -0.1) is 21.5 Å². The molecule has 0 aromatic carbocycles. The summed E-state index contributed by atoms with van der Waals surface area (Å²) in [6, 6.07) is 8.17. The largest absolute Gasteiger partial charge is 0.356 e. The van der Waals surface area contributed by atoms with E-state index in [-0.39, 0.29) is 11.8 Å². The minimum atomic E-state index is 0.120. The van der Waals surface area contributed by atoms with E-state index in [4.69, 9.17) is 0 Å².